The molecule has 1 N–H and O–H groups in total. The van der Waals surface area contributed by atoms with Crippen molar-refractivity contribution in [1.29, 1.82) is 0 Å². The summed E-state index contributed by atoms with van der Waals surface area (Å²) in [6, 6.07) is 0. The third-order valence-corrected chi connectivity index (χ3v) is 4.76. The zero-order valence-corrected chi connectivity index (χ0v) is 14.7. The number of rotatable bonds is 6. The predicted molar refractivity (Wildman–Crippen MR) is 89.1 cm³/mol. The normalized spacial score (nSPS) is 18.3. The Morgan fingerprint density at radius 3 is 2.65 bits per heavy atom. The lowest BCUT2D eigenvalue weighted by atomic mass is 9.96. The monoisotopic (exact) mass is 320 g/mol. The molecular formula is C17H28N4O2. The highest BCUT2D eigenvalue weighted by molar-refractivity contribution is 5.83. The third kappa shape index (κ3) is 3.92. The van der Waals surface area contributed by atoms with Gasteiger partial charge in [-0.1, -0.05) is 0 Å². The molecule has 2 rings (SSSR count). The van der Waals surface area contributed by atoms with Gasteiger partial charge in [-0.05, 0) is 46.1 Å². The van der Waals surface area contributed by atoms with E-state index in [2.05, 4.69) is 24.3 Å². The molecular weight excluding hydrogens is 292 g/mol. The minimum absolute atomic E-state index is 0.0640. The Labute approximate surface area is 138 Å². The van der Waals surface area contributed by atoms with Crippen LogP contribution in [0.5, 0.6) is 0 Å². The van der Waals surface area contributed by atoms with Crippen LogP contribution in [-0.2, 0) is 22.6 Å². The highest BCUT2D eigenvalue weighted by atomic mass is 16.2. The van der Waals surface area contributed by atoms with Gasteiger partial charge >= 0.3 is 0 Å². The number of piperidine rings is 1. The maximum atomic E-state index is 12.3. The number of likely N-dealkylation sites (tertiary alicyclic amines) is 1. The number of nitrogens with zero attached hydrogens (tertiary/aromatic N) is 3. The van der Waals surface area contributed by atoms with Gasteiger partial charge in [0, 0.05) is 38.3 Å². The summed E-state index contributed by atoms with van der Waals surface area (Å²) in [6.07, 6.45) is 1.94. The smallest absolute Gasteiger partial charge is 0.224 e. The number of carbonyl (C=O) groups excluding carboxylic acids is 2. The number of amides is 2. The fraction of sp³-hybridized carbons (Fsp3) is 0.706. The molecule has 0 saturated carbocycles. The lowest BCUT2D eigenvalue weighted by molar-refractivity contribution is -0.138. The molecule has 0 aromatic carbocycles. The van der Waals surface area contributed by atoms with Crippen molar-refractivity contribution in [3.8, 4) is 0 Å². The summed E-state index contributed by atoms with van der Waals surface area (Å²) in [4.78, 5) is 25.8. The van der Waals surface area contributed by atoms with Gasteiger partial charge in [-0.25, -0.2) is 0 Å². The Balaban J connectivity index is 1.86. The van der Waals surface area contributed by atoms with E-state index in [0.717, 1.165) is 18.7 Å². The van der Waals surface area contributed by atoms with E-state index in [1.54, 1.807) is 4.90 Å². The molecule has 0 aliphatic carbocycles. The zero-order chi connectivity index (χ0) is 17.0. The van der Waals surface area contributed by atoms with Gasteiger partial charge in [0.2, 0.25) is 11.8 Å². The average molecular weight is 320 g/mol. The summed E-state index contributed by atoms with van der Waals surface area (Å²) in [5, 5.41) is 7.53. The maximum absolute atomic E-state index is 12.3. The first kappa shape index (κ1) is 17.5. The van der Waals surface area contributed by atoms with Crippen molar-refractivity contribution in [2.45, 2.75) is 53.5 Å². The molecule has 0 bridgehead atoms. The van der Waals surface area contributed by atoms with Crippen LogP contribution in [0, 0.1) is 19.8 Å². The minimum atomic E-state index is -0.0757. The Morgan fingerprint density at radius 1 is 1.30 bits per heavy atom. The molecule has 1 unspecified atom stereocenters. The van der Waals surface area contributed by atoms with E-state index < -0.39 is 0 Å². The van der Waals surface area contributed by atoms with Gasteiger partial charge in [0.05, 0.1) is 11.6 Å². The summed E-state index contributed by atoms with van der Waals surface area (Å²) in [6.45, 7) is 10.8. The largest absolute Gasteiger partial charge is 0.355 e. The summed E-state index contributed by atoms with van der Waals surface area (Å²) < 4.78 is 2.00. The number of hydrogen-bond donors (Lipinski definition) is 1. The third-order valence-electron chi connectivity index (χ3n) is 4.76. The summed E-state index contributed by atoms with van der Waals surface area (Å²) in [7, 11) is 0. The Bertz CT molecular complexity index is 579. The van der Waals surface area contributed by atoms with Gasteiger partial charge in [-0.3, -0.25) is 14.3 Å². The molecule has 0 spiro atoms. The standard InChI is InChI=1S/C17H28N4O2/c1-5-20-11-14(7-8-16(20)22)17(23)18-10-9-15-12(3)19-21(6-2)13(15)4/h14H,5-11H2,1-4H3,(H,18,23). The number of carbonyl (C=O) groups is 2. The first-order valence-corrected chi connectivity index (χ1v) is 8.56. The van der Waals surface area contributed by atoms with Crippen LogP contribution in [0.1, 0.15) is 43.6 Å². The fourth-order valence-electron chi connectivity index (χ4n) is 3.29. The highest BCUT2D eigenvalue weighted by Crippen LogP contribution is 2.18. The van der Waals surface area contributed by atoms with Crippen LogP contribution in [-0.4, -0.2) is 46.1 Å². The van der Waals surface area contributed by atoms with Crippen molar-refractivity contribution in [2.24, 2.45) is 5.92 Å². The van der Waals surface area contributed by atoms with Crippen LogP contribution < -0.4 is 5.32 Å². The van der Waals surface area contributed by atoms with Crippen LogP contribution >= 0.6 is 0 Å². The van der Waals surface area contributed by atoms with Gasteiger partial charge in [0.25, 0.3) is 0 Å². The summed E-state index contributed by atoms with van der Waals surface area (Å²) >= 11 is 0. The molecule has 1 aliphatic heterocycles. The molecule has 6 heteroatoms. The SMILES string of the molecule is CCN1CC(C(=O)NCCc2c(C)nn(CC)c2C)CCC1=O. The van der Waals surface area contributed by atoms with Crippen molar-refractivity contribution in [2.75, 3.05) is 19.6 Å². The summed E-state index contributed by atoms with van der Waals surface area (Å²) in [5.41, 5.74) is 3.44. The zero-order valence-electron chi connectivity index (χ0n) is 14.7. The molecule has 23 heavy (non-hydrogen) atoms. The number of aromatic nitrogens is 2. The van der Waals surface area contributed by atoms with E-state index in [4.69, 9.17) is 0 Å². The molecule has 1 aromatic rings. The minimum Gasteiger partial charge on any atom is -0.355 e. The second kappa shape index (κ2) is 7.62. The molecule has 0 radical (unpaired) electrons. The lowest BCUT2D eigenvalue weighted by Gasteiger charge is -2.31. The van der Waals surface area contributed by atoms with Crippen LogP contribution in [0.25, 0.3) is 0 Å². The molecule has 2 amide bonds. The van der Waals surface area contributed by atoms with Crippen molar-refractivity contribution in [3.05, 3.63) is 17.0 Å². The highest BCUT2D eigenvalue weighted by Gasteiger charge is 2.29. The number of hydrogen-bond acceptors (Lipinski definition) is 3. The summed E-state index contributed by atoms with van der Waals surface area (Å²) in [5.74, 6) is 0.150. The van der Waals surface area contributed by atoms with Crippen LogP contribution in [0.4, 0.5) is 0 Å². The van der Waals surface area contributed by atoms with Crippen molar-refractivity contribution < 1.29 is 9.59 Å². The molecule has 1 aliphatic rings. The molecule has 1 atom stereocenters. The van der Waals surface area contributed by atoms with E-state index >= 15 is 0 Å². The van der Waals surface area contributed by atoms with E-state index in [1.807, 2.05) is 18.5 Å². The lowest BCUT2D eigenvalue weighted by Crippen LogP contribution is -2.45. The molecule has 1 fully saturated rings. The van der Waals surface area contributed by atoms with Crippen LogP contribution in [0.2, 0.25) is 0 Å². The first-order valence-electron chi connectivity index (χ1n) is 8.56. The first-order chi connectivity index (χ1) is 11.0. The van der Waals surface area contributed by atoms with E-state index in [1.165, 1.54) is 11.3 Å². The van der Waals surface area contributed by atoms with Gasteiger partial charge in [0.1, 0.15) is 0 Å². The Morgan fingerprint density at radius 2 is 2.04 bits per heavy atom. The van der Waals surface area contributed by atoms with Gasteiger partial charge in [0.15, 0.2) is 0 Å². The molecule has 128 valence electrons. The molecule has 1 saturated heterocycles. The van der Waals surface area contributed by atoms with Gasteiger partial charge in [-0.2, -0.15) is 5.10 Å². The van der Waals surface area contributed by atoms with E-state index in [-0.39, 0.29) is 17.7 Å². The van der Waals surface area contributed by atoms with Gasteiger partial charge in [-0.15, -0.1) is 0 Å². The van der Waals surface area contributed by atoms with Crippen LogP contribution in [0.3, 0.4) is 0 Å². The Kier molecular flexibility index (Phi) is 5.80. The van der Waals surface area contributed by atoms with Crippen molar-refractivity contribution >= 4 is 11.8 Å². The van der Waals surface area contributed by atoms with Crippen molar-refractivity contribution in [3.63, 3.8) is 0 Å². The van der Waals surface area contributed by atoms with Gasteiger partial charge < -0.3 is 10.2 Å². The number of nitrogens with one attached hydrogen (secondary N) is 1. The molecule has 2 heterocycles. The van der Waals surface area contributed by atoms with E-state index in [9.17, 15) is 9.59 Å². The number of aryl methyl sites for hydroxylation is 2. The van der Waals surface area contributed by atoms with E-state index in [0.29, 0.717) is 32.5 Å². The molecule has 6 nitrogen and oxygen atoms in total. The topological polar surface area (TPSA) is 67.2 Å². The fourth-order valence-corrected chi connectivity index (χ4v) is 3.29. The predicted octanol–water partition coefficient (Wildman–Crippen LogP) is 1.44. The van der Waals surface area contributed by atoms with Crippen molar-refractivity contribution in [1.82, 2.24) is 20.0 Å². The Hall–Kier alpha value is -1.85. The quantitative estimate of drug-likeness (QED) is 0.862. The van der Waals surface area contributed by atoms with Crippen LogP contribution in [0.15, 0.2) is 0 Å². The maximum Gasteiger partial charge on any atom is 0.224 e. The second-order valence-corrected chi connectivity index (χ2v) is 6.17. The second-order valence-electron chi connectivity index (χ2n) is 6.17. The average Bonchev–Trinajstić information content (AvgIpc) is 2.82. The molecule has 1 aromatic heterocycles.